The Kier molecular flexibility index (Phi) is 5.17. The summed E-state index contributed by atoms with van der Waals surface area (Å²) in [5.41, 5.74) is 0. The lowest BCUT2D eigenvalue weighted by Crippen LogP contribution is -2.24. The average Bonchev–Trinajstić information content (AvgIpc) is 2.28. The standard InChI is InChI=1S/C11H14BrNO3S/c1-3-4-7-13-17(14,15)11-6-5-9(12)8-10(11)16-2/h3,5-6,8,13H,1,4,7H2,2H3. The highest BCUT2D eigenvalue weighted by Gasteiger charge is 2.18. The molecule has 6 heteroatoms. The molecule has 0 aliphatic rings. The van der Waals surface area contributed by atoms with Crippen LogP contribution in [0.25, 0.3) is 0 Å². The van der Waals surface area contributed by atoms with E-state index in [1.807, 2.05) is 0 Å². The van der Waals surface area contributed by atoms with Crippen LogP contribution in [0.15, 0.2) is 40.2 Å². The fourth-order valence-electron chi connectivity index (χ4n) is 1.24. The number of sulfonamides is 1. The number of benzene rings is 1. The third-order valence-electron chi connectivity index (χ3n) is 2.06. The van der Waals surface area contributed by atoms with E-state index in [0.29, 0.717) is 18.7 Å². The van der Waals surface area contributed by atoms with Gasteiger partial charge >= 0.3 is 0 Å². The van der Waals surface area contributed by atoms with Gasteiger partial charge in [-0.2, -0.15) is 0 Å². The van der Waals surface area contributed by atoms with E-state index in [9.17, 15) is 8.42 Å². The van der Waals surface area contributed by atoms with Crippen LogP contribution in [-0.4, -0.2) is 22.1 Å². The van der Waals surface area contributed by atoms with Crippen LogP contribution >= 0.6 is 15.9 Å². The molecule has 0 unspecified atom stereocenters. The first kappa shape index (κ1) is 14.2. The lowest BCUT2D eigenvalue weighted by Gasteiger charge is -2.10. The Labute approximate surface area is 110 Å². The van der Waals surface area contributed by atoms with Crippen molar-refractivity contribution in [2.75, 3.05) is 13.7 Å². The summed E-state index contributed by atoms with van der Waals surface area (Å²) >= 11 is 3.26. The van der Waals surface area contributed by atoms with E-state index in [1.54, 1.807) is 18.2 Å². The van der Waals surface area contributed by atoms with Crippen molar-refractivity contribution in [3.63, 3.8) is 0 Å². The van der Waals surface area contributed by atoms with Crippen LogP contribution in [0.2, 0.25) is 0 Å². The molecule has 0 saturated heterocycles. The first-order valence-electron chi connectivity index (χ1n) is 4.95. The van der Waals surface area contributed by atoms with Crippen LogP contribution in [0, 0.1) is 0 Å². The molecule has 94 valence electrons. The topological polar surface area (TPSA) is 55.4 Å². The predicted molar refractivity (Wildman–Crippen MR) is 70.7 cm³/mol. The van der Waals surface area contributed by atoms with E-state index in [1.165, 1.54) is 13.2 Å². The monoisotopic (exact) mass is 319 g/mol. The van der Waals surface area contributed by atoms with Crippen molar-refractivity contribution in [1.29, 1.82) is 0 Å². The van der Waals surface area contributed by atoms with Crippen molar-refractivity contribution < 1.29 is 13.2 Å². The van der Waals surface area contributed by atoms with Crippen molar-refractivity contribution in [1.82, 2.24) is 4.72 Å². The molecule has 1 rings (SSSR count). The number of ether oxygens (including phenoxy) is 1. The highest BCUT2D eigenvalue weighted by Crippen LogP contribution is 2.27. The first-order valence-corrected chi connectivity index (χ1v) is 7.23. The molecule has 17 heavy (non-hydrogen) atoms. The second-order valence-corrected chi connectivity index (χ2v) is 5.92. The third-order valence-corrected chi connectivity index (χ3v) is 4.05. The molecule has 1 aromatic rings. The van der Waals surface area contributed by atoms with Gasteiger partial charge in [0.1, 0.15) is 10.6 Å². The van der Waals surface area contributed by atoms with Gasteiger partial charge in [-0.3, -0.25) is 0 Å². The van der Waals surface area contributed by atoms with Gasteiger partial charge in [0.15, 0.2) is 0 Å². The molecule has 4 nitrogen and oxygen atoms in total. The highest BCUT2D eigenvalue weighted by molar-refractivity contribution is 9.10. The summed E-state index contributed by atoms with van der Waals surface area (Å²) in [7, 11) is -2.10. The van der Waals surface area contributed by atoms with Gasteiger partial charge in [-0.15, -0.1) is 6.58 Å². The maximum absolute atomic E-state index is 12.0. The molecule has 1 N–H and O–H groups in total. The number of rotatable bonds is 6. The van der Waals surface area contributed by atoms with E-state index in [0.717, 1.165) is 4.47 Å². The Morgan fingerprint density at radius 1 is 1.53 bits per heavy atom. The Hall–Kier alpha value is -0.850. The van der Waals surface area contributed by atoms with E-state index < -0.39 is 10.0 Å². The lowest BCUT2D eigenvalue weighted by molar-refractivity contribution is 0.402. The van der Waals surface area contributed by atoms with Gasteiger partial charge in [0.2, 0.25) is 10.0 Å². The summed E-state index contributed by atoms with van der Waals surface area (Å²) in [6.07, 6.45) is 2.24. The second kappa shape index (κ2) is 6.18. The van der Waals surface area contributed by atoms with Crippen molar-refractivity contribution in [2.24, 2.45) is 0 Å². The molecular formula is C11H14BrNO3S. The minimum Gasteiger partial charge on any atom is -0.495 e. The van der Waals surface area contributed by atoms with Gasteiger partial charge < -0.3 is 4.74 Å². The molecule has 0 bridgehead atoms. The van der Waals surface area contributed by atoms with Crippen molar-refractivity contribution in [3.8, 4) is 5.75 Å². The van der Waals surface area contributed by atoms with Crippen LogP contribution in [0.3, 0.4) is 0 Å². The fourth-order valence-corrected chi connectivity index (χ4v) is 2.77. The summed E-state index contributed by atoms with van der Waals surface area (Å²) in [5, 5.41) is 0. The SMILES string of the molecule is C=CCCNS(=O)(=O)c1ccc(Br)cc1OC. The zero-order valence-electron chi connectivity index (χ0n) is 9.44. The molecular weight excluding hydrogens is 306 g/mol. The van der Waals surface area contributed by atoms with E-state index in [2.05, 4.69) is 27.2 Å². The summed E-state index contributed by atoms with van der Waals surface area (Å²) in [4.78, 5) is 0.132. The molecule has 0 aliphatic heterocycles. The largest absolute Gasteiger partial charge is 0.495 e. The molecule has 1 aromatic carbocycles. The minimum atomic E-state index is -3.54. The maximum atomic E-state index is 12.0. The Morgan fingerprint density at radius 3 is 2.82 bits per heavy atom. The molecule has 0 aromatic heterocycles. The van der Waals surface area contributed by atoms with Crippen molar-refractivity contribution >= 4 is 26.0 Å². The Balaban J connectivity index is 3.01. The zero-order valence-corrected chi connectivity index (χ0v) is 11.8. The van der Waals surface area contributed by atoms with E-state index in [-0.39, 0.29) is 4.90 Å². The normalized spacial score (nSPS) is 11.2. The smallest absolute Gasteiger partial charge is 0.244 e. The van der Waals surface area contributed by atoms with E-state index >= 15 is 0 Å². The second-order valence-electron chi connectivity index (χ2n) is 3.27. The molecule has 0 aliphatic carbocycles. The molecule has 0 fully saturated rings. The van der Waals surface area contributed by atoms with Crippen LogP contribution in [0.1, 0.15) is 6.42 Å². The predicted octanol–water partition coefficient (Wildman–Crippen LogP) is 2.31. The molecule has 0 radical (unpaired) electrons. The Bertz CT molecular complexity index is 499. The molecule has 0 amide bonds. The van der Waals surface area contributed by atoms with Crippen LogP contribution in [0.4, 0.5) is 0 Å². The van der Waals surface area contributed by atoms with Gasteiger partial charge in [-0.05, 0) is 24.6 Å². The number of nitrogens with one attached hydrogen (secondary N) is 1. The van der Waals surface area contributed by atoms with Gasteiger partial charge in [0.25, 0.3) is 0 Å². The van der Waals surface area contributed by atoms with Gasteiger partial charge in [-0.25, -0.2) is 13.1 Å². The quantitative estimate of drug-likeness (QED) is 0.646. The van der Waals surface area contributed by atoms with Gasteiger partial charge in [-0.1, -0.05) is 22.0 Å². The number of methoxy groups -OCH3 is 1. The number of hydrogen-bond acceptors (Lipinski definition) is 3. The molecule has 0 spiro atoms. The summed E-state index contributed by atoms with van der Waals surface area (Å²) in [6.45, 7) is 3.86. The average molecular weight is 320 g/mol. The number of hydrogen-bond donors (Lipinski definition) is 1. The molecule has 0 heterocycles. The minimum absolute atomic E-state index is 0.132. The lowest BCUT2D eigenvalue weighted by atomic mass is 10.3. The van der Waals surface area contributed by atoms with Gasteiger partial charge in [0.05, 0.1) is 7.11 Å². The molecule has 0 atom stereocenters. The number of halogens is 1. The van der Waals surface area contributed by atoms with Gasteiger partial charge in [0, 0.05) is 11.0 Å². The summed E-state index contributed by atoms with van der Waals surface area (Å²) < 4.78 is 32.2. The van der Waals surface area contributed by atoms with Crippen LogP contribution in [-0.2, 0) is 10.0 Å². The fraction of sp³-hybridized carbons (Fsp3) is 0.273. The maximum Gasteiger partial charge on any atom is 0.244 e. The summed E-state index contributed by atoms with van der Waals surface area (Å²) in [5.74, 6) is 0.311. The third kappa shape index (κ3) is 3.83. The zero-order chi connectivity index (χ0) is 12.9. The van der Waals surface area contributed by atoms with Crippen LogP contribution in [0.5, 0.6) is 5.75 Å². The summed E-state index contributed by atoms with van der Waals surface area (Å²) in [6, 6.07) is 4.77. The van der Waals surface area contributed by atoms with Crippen molar-refractivity contribution in [3.05, 3.63) is 35.3 Å². The van der Waals surface area contributed by atoms with Crippen LogP contribution < -0.4 is 9.46 Å². The van der Waals surface area contributed by atoms with E-state index in [4.69, 9.17) is 4.74 Å². The first-order chi connectivity index (χ1) is 8.01. The highest BCUT2D eigenvalue weighted by atomic mass is 79.9. The Morgan fingerprint density at radius 2 is 2.24 bits per heavy atom. The molecule has 0 saturated carbocycles. The van der Waals surface area contributed by atoms with Crippen molar-refractivity contribution in [2.45, 2.75) is 11.3 Å².